The van der Waals surface area contributed by atoms with Crippen molar-refractivity contribution in [3.05, 3.63) is 35.6 Å². The Morgan fingerprint density at radius 1 is 1.22 bits per heavy atom. The highest BCUT2D eigenvalue weighted by atomic mass is 127. The predicted molar refractivity (Wildman–Crippen MR) is 79.7 cm³/mol. The smallest absolute Gasteiger partial charge is 0.129 e. The van der Waals surface area contributed by atoms with Crippen LogP contribution < -0.4 is 0 Å². The summed E-state index contributed by atoms with van der Waals surface area (Å²) < 4.78 is 25.6. The van der Waals surface area contributed by atoms with Crippen LogP contribution in [0.15, 0.2) is 24.3 Å². The third-order valence-electron chi connectivity index (χ3n) is 2.33. The molecule has 1 aromatic rings. The number of benzene rings is 1. The molecule has 0 radical (unpaired) electrons. The first-order valence-electron chi connectivity index (χ1n) is 6.00. The average molecular weight is 366 g/mol. The van der Waals surface area contributed by atoms with E-state index in [1.54, 1.807) is 12.1 Å². The summed E-state index contributed by atoms with van der Waals surface area (Å²) in [6.45, 7) is 6.99. The van der Waals surface area contributed by atoms with Crippen LogP contribution >= 0.6 is 22.6 Å². The average Bonchev–Trinajstić information content (AvgIpc) is 2.29. The van der Waals surface area contributed by atoms with Crippen molar-refractivity contribution in [1.29, 1.82) is 0 Å². The molecule has 1 atom stereocenters. The van der Waals surface area contributed by atoms with Gasteiger partial charge >= 0.3 is 0 Å². The van der Waals surface area contributed by atoms with Gasteiger partial charge in [0.1, 0.15) is 5.82 Å². The predicted octanol–water partition coefficient (Wildman–Crippen LogP) is 4.13. The molecule has 2 nitrogen and oxygen atoms in total. The van der Waals surface area contributed by atoms with Crippen LogP contribution in [0.2, 0.25) is 0 Å². The number of halogens is 2. The lowest BCUT2D eigenvalue weighted by Crippen LogP contribution is -2.22. The van der Waals surface area contributed by atoms with Crippen molar-refractivity contribution >= 4 is 22.6 Å². The van der Waals surface area contributed by atoms with E-state index in [1.807, 2.05) is 26.8 Å². The number of ether oxygens (including phenoxy) is 2. The molecule has 4 heteroatoms. The highest BCUT2D eigenvalue weighted by Crippen LogP contribution is 2.22. The third kappa shape index (κ3) is 5.63. The normalized spacial score (nSPS) is 13.6. The van der Waals surface area contributed by atoms with Gasteiger partial charge in [-0.15, -0.1) is 0 Å². The Morgan fingerprint density at radius 3 is 2.44 bits per heavy atom. The molecule has 1 unspecified atom stereocenters. The minimum absolute atomic E-state index is 0.165. The first kappa shape index (κ1) is 15.9. The summed E-state index contributed by atoms with van der Waals surface area (Å²) in [7, 11) is 0. The molecule has 0 saturated heterocycles. The Bertz CT molecular complexity index is 363. The highest BCUT2D eigenvalue weighted by molar-refractivity contribution is 14.1. The number of hydrogen-bond donors (Lipinski definition) is 0. The van der Waals surface area contributed by atoms with Gasteiger partial charge in [0, 0.05) is 9.99 Å². The molecule has 0 fully saturated rings. The van der Waals surface area contributed by atoms with Crippen LogP contribution in [0.3, 0.4) is 0 Å². The van der Waals surface area contributed by atoms with Crippen molar-refractivity contribution in [1.82, 2.24) is 0 Å². The second-order valence-corrected chi connectivity index (χ2v) is 5.88. The molecule has 102 valence electrons. The van der Waals surface area contributed by atoms with E-state index in [0.717, 1.165) is 0 Å². The molecule has 1 aromatic carbocycles. The van der Waals surface area contributed by atoms with Gasteiger partial charge in [0.25, 0.3) is 0 Å². The summed E-state index contributed by atoms with van der Waals surface area (Å²) >= 11 is 2.21. The van der Waals surface area contributed by atoms with Crippen LogP contribution in [-0.2, 0) is 9.47 Å². The maximum atomic E-state index is 13.6. The van der Waals surface area contributed by atoms with E-state index in [-0.39, 0.29) is 17.5 Å². The minimum Gasteiger partial charge on any atom is -0.373 e. The van der Waals surface area contributed by atoms with Gasteiger partial charge < -0.3 is 9.47 Å². The Morgan fingerprint density at radius 2 is 1.89 bits per heavy atom. The molecular formula is C14H20FIO2. The van der Waals surface area contributed by atoms with Gasteiger partial charge in [-0.3, -0.25) is 0 Å². The van der Waals surface area contributed by atoms with Crippen LogP contribution in [0.1, 0.15) is 32.4 Å². The second kappa shape index (κ2) is 7.40. The maximum Gasteiger partial charge on any atom is 0.129 e. The molecule has 0 N–H and O–H groups in total. The zero-order valence-electron chi connectivity index (χ0n) is 11.1. The van der Waals surface area contributed by atoms with Crippen molar-refractivity contribution < 1.29 is 13.9 Å². The van der Waals surface area contributed by atoms with E-state index in [4.69, 9.17) is 9.47 Å². The summed E-state index contributed by atoms with van der Waals surface area (Å²) in [6, 6.07) is 6.74. The molecule has 18 heavy (non-hydrogen) atoms. The highest BCUT2D eigenvalue weighted by Gasteiger charge is 2.15. The molecule has 0 aromatic heterocycles. The van der Waals surface area contributed by atoms with E-state index in [1.165, 1.54) is 6.07 Å². The minimum atomic E-state index is -0.213. The number of alkyl halides is 1. The maximum absolute atomic E-state index is 13.6. The first-order chi connectivity index (χ1) is 8.44. The lowest BCUT2D eigenvalue weighted by molar-refractivity contribution is -0.0482. The molecule has 0 saturated carbocycles. The van der Waals surface area contributed by atoms with E-state index in [2.05, 4.69) is 22.6 Å². The Kier molecular flexibility index (Phi) is 6.52. The van der Waals surface area contributed by atoms with Gasteiger partial charge in [0.05, 0.1) is 24.9 Å². The Balaban J connectivity index is 2.46. The number of rotatable bonds is 6. The van der Waals surface area contributed by atoms with Crippen LogP contribution in [0.5, 0.6) is 0 Å². The quantitative estimate of drug-likeness (QED) is 0.428. The van der Waals surface area contributed by atoms with E-state index < -0.39 is 0 Å². The van der Waals surface area contributed by atoms with Crippen molar-refractivity contribution in [2.24, 2.45) is 0 Å². The zero-order valence-corrected chi connectivity index (χ0v) is 13.2. The fourth-order valence-corrected chi connectivity index (χ4v) is 2.22. The lowest BCUT2D eigenvalue weighted by atomic mass is 10.1. The van der Waals surface area contributed by atoms with Gasteiger partial charge in [-0.25, -0.2) is 4.39 Å². The van der Waals surface area contributed by atoms with Crippen LogP contribution in [0, 0.1) is 5.82 Å². The van der Waals surface area contributed by atoms with Crippen molar-refractivity contribution in [2.75, 3.05) is 17.6 Å². The van der Waals surface area contributed by atoms with Crippen molar-refractivity contribution in [2.45, 2.75) is 32.5 Å². The molecular weight excluding hydrogens is 346 g/mol. The Labute approximate surface area is 122 Å². The van der Waals surface area contributed by atoms with Gasteiger partial charge in [0.2, 0.25) is 0 Å². The molecule has 0 spiro atoms. The topological polar surface area (TPSA) is 18.5 Å². The van der Waals surface area contributed by atoms with Gasteiger partial charge in [0.15, 0.2) is 0 Å². The lowest BCUT2D eigenvalue weighted by Gasteiger charge is -2.21. The van der Waals surface area contributed by atoms with Gasteiger partial charge in [-0.1, -0.05) is 40.8 Å². The standard InChI is InChI=1S/C14H20FIO2/c1-14(2,3)18-9-8-17-13(10-16)11-6-4-5-7-12(11)15/h4-7,13H,8-10H2,1-3H3. The largest absolute Gasteiger partial charge is 0.373 e. The summed E-state index contributed by atoms with van der Waals surface area (Å²) in [5, 5.41) is 0. The summed E-state index contributed by atoms with van der Waals surface area (Å²) in [4.78, 5) is 0. The van der Waals surface area contributed by atoms with Crippen LogP contribution in [0.25, 0.3) is 0 Å². The zero-order chi connectivity index (χ0) is 13.6. The molecule has 0 aliphatic heterocycles. The fourth-order valence-electron chi connectivity index (χ4n) is 1.49. The summed E-state index contributed by atoms with van der Waals surface area (Å²) in [5.74, 6) is -0.212. The SMILES string of the molecule is CC(C)(C)OCCOC(CI)c1ccccc1F. The van der Waals surface area contributed by atoms with E-state index in [9.17, 15) is 4.39 Å². The van der Waals surface area contributed by atoms with Gasteiger partial charge in [-0.2, -0.15) is 0 Å². The second-order valence-electron chi connectivity index (χ2n) is 5.00. The summed E-state index contributed by atoms with van der Waals surface area (Å²) in [5.41, 5.74) is 0.448. The van der Waals surface area contributed by atoms with Gasteiger partial charge in [-0.05, 0) is 26.8 Å². The van der Waals surface area contributed by atoms with E-state index >= 15 is 0 Å². The fraction of sp³-hybridized carbons (Fsp3) is 0.571. The molecule has 0 bridgehead atoms. The third-order valence-corrected chi connectivity index (χ3v) is 3.13. The monoisotopic (exact) mass is 366 g/mol. The molecule has 0 aliphatic rings. The molecule has 0 amide bonds. The van der Waals surface area contributed by atoms with Crippen molar-refractivity contribution in [3.8, 4) is 0 Å². The molecule has 1 rings (SSSR count). The molecule has 0 heterocycles. The first-order valence-corrected chi connectivity index (χ1v) is 7.52. The van der Waals surface area contributed by atoms with Crippen molar-refractivity contribution in [3.63, 3.8) is 0 Å². The van der Waals surface area contributed by atoms with E-state index in [0.29, 0.717) is 23.2 Å². The number of hydrogen-bond acceptors (Lipinski definition) is 2. The van der Waals surface area contributed by atoms with Crippen LogP contribution in [0.4, 0.5) is 4.39 Å². The summed E-state index contributed by atoms with van der Waals surface area (Å²) in [6.07, 6.45) is -0.213. The van der Waals surface area contributed by atoms with Crippen LogP contribution in [-0.4, -0.2) is 23.2 Å². The Hall–Kier alpha value is -0.200. The molecule has 0 aliphatic carbocycles.